The van der Waals surface area contributed by atoms with Crippen LogP contribution in [-0.4, -0.2) is 29.2 Å². The fourth-order valence-corrected chi connectivity index (χ4v) is 3.01. The number of aryl methyl sites for hydroxylation is 1. The average Bonchev–Trinajstić information content (AvgIpc) is 2.44. The van der Waals surface area contributed by atoms with Crippen LogP contribution >= 0.6 is 0 Å². The Morgan fingerprint density at radius 2 is 2.00 bits per heavy atom. The van der Waals surface area contributed by atoms with Gasteiger partial charge in [-0.2, -0.15) is 4.98 Å². The summed E-state index contributed by atoms with van der Waals surface area (Å²) in [6.45, 7) is 7.63. The molecule has 2 atom stereocenters. The minimum Gasteiger partial charge on any atom is -0.475 e. The number of anilines is 1. The first-order valence-electron chi connectivity index (χ1n) is 8.04. The second-order valence-corrected chi connectivity index (χ2v) is 6.26. The lowest BCUT2D eigenvalue weighted by atomic mass is 9.79. The molecular weight excluding hydrogens is 264 g/mol. The number of nitrogens with zero attached hydrogens (tertiary/aromatic N) is 2. The van der Waals surface area contributed by atoms with E-state index in [4.69, 9.17) is 10.5 Å². The maximum atomic E-state index is 5.89. The molecule has 1 saturated carbocycles. The molecule has 3 N–H and O–H groups in total. The number of hydrogen-bond acceptors (Lipinski definition) is 5. The molecule has 0 aliphatic heterocycles. The Morgan fingerprint density at radius 1 is 1.29 bits per heavy atom. The van der Waals surface area contributed by atoms with Gasteiger partial charge < -0.3 is 15.8 Å². The van der Waals surface area contributed by atoms with Crippen LogP contribution in [0.25, 0.3) is 0 Å². The van der Waals surface area contributed by atoms with Crippen molar-refractivity contribution in [2.75, 3.05) is 18.4 Å². The Balaban J connectivity index is 1.97. The molecule has 0 radical (unpaired) electrons. The topological polar surface area (TPSA) is 73.1 Å². The van der Waals surface area contributed by atoms with Crippen molar-refractivity contribution < 1.29 is 4.74 Å². The fraction of sp³-hybridized carbons (Fsp3) is 0.750. The van der Waals surface area contributed by atoms with Crippen molar-refractivity contribution in [1.82, 2.24) is 9.97 Å². The molecule has 1 aromatic rings. The zero-order chi connectivity index (χ0) is 15.2. The van der Waals surface area contributed by atoms with E-state index in [0.29, 0.717) is 23.7 Å². The summed E-state index contributed by atoms with van der Waals surface area (Å²) in [5.41, 5.74) is 6.81. The molecule has 2 rings (SSSR count). The summed E-state index contributed by atoms with van der Waals surface area (Å²) in [5.74, 6) is 2.55. The van der Waals surface area contributed by atoms with E-state index in [1.807, 2.05) is 26.8 Å². The zero-order valence-corrected chi connectivity index (χ0v) is 13.4. The Morgan fingerprint density at radius 3 is 2.67 bits per heavy atom. The third-order valence-corrected chi connectivity index (χ3v) is 4.08. The van der Waals surface area contributed by atoms with Crippen LogP contribution in [-0.2, 0) is 0 Å². The second-order valence-electron chi connectivity index (χ2n) is 6.26. The summed E-state index contributed by atoms with van der Waals surface area (Å²) >= 11 is 0. The fourth-order valence-electron chi connectivity index (χ4n) is 3.01. The molecule has 5 heteroatoms. The highest BCUT2D eigenvalue weighted by molar-refractivity contribution is 5.30. The van der Waals surface area contributed by atoms with Crippen molar-refractivity contribution in [1.29, 1.82) is 0 Å². The van der Waals surface area contributed by atoms with E-state index in [0.717, 1.165) is 18.8 Å². The Labute approximate surface area is 127 Å². The Bertz CT molecular complexity index is 450. The maximum absolute atomic E-state index is 5.89. The predicted molar refractivity (Wildman–Crippen MR) is 85.5 cm³/mol. The second kappa shape index (κ2) is 7.59. The lowest BCUT2D eigenvalue weighted by Gasteiger charge is -2.30. The van der Waals surface area contributed by atoms with E-state index in [1.54, 1.807) is 0 Å². The minimum absolute atomic E-state index is 0.118. The highest BCUT2D eigenvalue weighted by Gasteiger charge is 2.23. The van der Waals surface area contributed by atoms with Crippen LogP contribution in [0.3, 0.4) is 0 Å². The zero-order valence-electron chi connectivity index (χ0n) is 13.4. The van der Waals surface area contributed by atoms with Gasteiger partial charge in [0.1, 0.15) is 0 Å². The summed E-state index contributed by atoms with van der Waals surface area (Å²) in [6, 6.07) is 1.87. The number of hydrogen-bond donors (Lipinski definition) is 2. The standard InChI is InChI=1S/C16H28N4O/c1-11(2)21-15-8-12(3)19-16(20-15)18-10-14-7-5-4-6-13(14)9-17/h8,11,13-14H,4-7,9-10,17H2,1-3H3,(H,18,19,20). The van der Waals surface area contributed by atoms with Crippen molar-refractivity contribution in [2.24, 2.45) is 17.6 Å². The van der Waals surface area contributed by atoms with E-state index in [9.17, 15) is 0 Å². The first-order chi connectivity index (χ1) is 10.1. The maximum Gasteiger partial charge on any atom is 0.226 e. The third kappa shape index (κ3) is 4.84. The molecule has 1 heterocycles. The molecule has 0 amide bonds. The monoisotopic (exact) mass is 292 g/mol. The molecule has 1 aliphatic rings. The molecule has 5 nitrogen and oxygen atoms in total. The van der Waals surface area contributed by atoms with Crippen LogP contribution in [0.5, 0.6) is 5.88 Å². The van der Waals surface area contributed by atoms with Crippen molar-refractivity contribution in [2.45, 2.75) is 52.6 Å². The van der Waals surface area contributed by atoms with E-state index in [1.165, 1.54) is 25.7 Å². The number of rotatable bonds is 6. The molecule has 0 bridgehead atoms. The first-order valence-corrected chi connectivity index (χ1v) is 8.04. The van der Waals surface area contributed by atoms with Crippen molar-refractivity contribution in [3.63, 3.8) is 0 Å². The first kappa shape index (κ1) is 16.0. The van der Waals surface area contributed by atoms with Gasteiger partial charge >= 0.3 is 0 Å². The highest BCUT2D eigenvalue weighted by Crippen LogP contribution is 2.29. The number of nitrogens with one attached hydrogen (secondary N) is 1. The molecule has 21 heavy (non-hydrogen) atoms. The summed E-state index contributed by atoms with van der Waals surface area (Å²) in [6.07, 6.45) is 5.23. The van der Waals surface area contributed by atoms with Crippen LogP contribution in [0.4, 0.5) is 5.95 Å². The van der Waals surface area contributed by atoms with Crippen LogP contribution in [0, 0.1) is 18.8 Å². The minimum atomic E-state index is 0.118. The van der Waals surface area contributed by atoms with Gasteiger partial charge in [0.05, 0.1) is 6.10 Å². The lowest BCUT2D eigenvalue weighted by Crippen LogP contribution is -2.31. The molecule has 2 unspecified atom stereocenters. The molecule has 1 aliphatic carbocycles. The largest absolute Gasteiger partial charge is 0.475 e. The number of nitrogens with two attached hydrogens (primary N) is 1. The quantitative estimate of drug-likeness (QED) is 0.843. The number of ether oxygens (including phenoxy) is 1. The van der Waals surface area contributed by atoms with Gasteiger partial charge in [0, 0.05) is 18.3 Å². The van der Waals surface area contributed by atoms with E-state index < -0.39 is 0 Å². The van der Waals surface area contributed by atoms with Crippen LogP contribution in [0.1, 0.15) is 45.2 Å². The molecular formula is C16H28N4O. The van der Waals surface area contributed by atoms with Gasteiger partial charge in [0.15, 0.2) is 0 Å². The van der Waals surface area contributed by atoms with Gasteiger partial charge in [0.2, 0.25) is 11.8 Å². The molecule has 0 aromatic carbocycles. The normalized spacial score (nSPS) is 22.3. The molecule has 0 spiro atoms. The van der Waals surface area contributed by atoms with Gasteiger partial charge in [-0.15, -0.1) is 0 Å². The smallest absolute Gasteiger partial charge is 0.226 e. The van der Waals surface area contributed by atoms with Gasteiger partial charge in [0.25, 0.3) is 0 Å². The van der Waals surface area contributed by atoms with Crippen molar-refractivity contribution in [3.05, 3.63) is 11.8 Å². The van der Waals surface area contributed by atoms with Crippen molar-refractivity contribution in [3.8, 4) is 5.88 Å². The lowest BCUT2D eigenvalue weighted by molar-refractivity contribution is 0.232. The summed E-state index contributed by atoms with van der Waals surface area (Å²) < 4.78 is 5.66. The van der Waals surface area contributed by atoms with Crippen LogP contribution in [0.2, 0.25) is 0 Å². The summed E-state index contributed by atoms with van der Waals surface area (Å²) in [7, 11) is 0. The van der Waals surface area contributed by atoms with Gasteiger partial charge in [-0.1, -0.05) is 12.8 Å². The van der Waals surface area contributed by atoms with Gasteiger partial charge in [-0.05, 0) is 52.0 Å². The third-order valence-electron chi connectivity index (χ3n) is 4.08. The Hall–Kier alpha value is -1.36. The number of aromatic nitrogens is 2. The van der Waals surface area contributed by atoms with Crippen molar-refractivity contribution >= 4 is 5.95 Å². The molecule has 0 saturated heterocycles. The van der Waals surface area contributed by atoms with E-state index in [-0.39, 0.29) is 6.10 Å². The van der Waals surface area contributed by atoms with E-state index in [2.05, 4.69) is 15.3 Å². The summed E-state index contributed by atoms with van der Waals surface area (Å²) in [5, 5.41) is 3.38. The molecule has 118 valence electrons. The van der Waals surface area contributed by atoms with E-state index >= 15 is 0 Å². The van der Waals surface area contributed by atoms with Gasteiger partial charge in [-0.25, -0.2) is 4.98 Å². The SMILES string of the molecule is Cc1cc(OC(C)C)nc(NCC2CCCCC2CN)n1. The summed E-state index contributed by atoms with van der Waals surface area (Å²) in [4.78, 5) is 8.88. The van der Waals surface area contributed by atoms with Crippen LogP contribution in [0.15, 0.2) is 6.07 Å². The Kier molecular flexibility index (Phi) is 5.79. The van der Waals surface area contributed by atoms with Crippen LogP contribution < -0.4 is 15.8 Å². The van der Waals surface area contributed by atoms with Gasteiger partial charge in [-0.3, -0.25) is 0 Å². The highest BCUT2D eigenvalue weighted by atomic mass is 16.5. The molecule has 1 fully saturated rings. The molecule has 1 aromatic heterocycles. The average molecular weight is 292 g/mol. The predicted octanol–water partition coefficient (Wildman–Crippen LogP) is 2.75.